The summed E-state index contributed by atoms with van der Waals surface area (Å²) in [6.07, 6.45) is 1.00. The molecule has 0 spiro atoms. The molecule has 0 heterocycles. The van der Waals surface area contributed by atoms with Crippen molar-refractivity contribution in [2.45, 2.75) is 19.3 Å². The van der Waals surface area contributed by atoms with Gasteiger partial charge in [0.25, 0.3) is 0 Å². The highest BCUT2D eigenvalue weighted by atomic mass is 19.1. The van der Waals surface area contributed by atoms with Gasteiger partial charge in [-0.1, -0.05) is 13.0 Å². The second-order valence-electron chi connectivity index (χ2n) is 3.69. The number of halogens is 1. The number of ether oxygens (including phenoxy) is 1. The summed E-state index contributed by atoms with van der Waals surface area (Å²) in [4.78, 5) is 0. The SMILES string of the molecule is CNCCC(C)c1ccc(OC)c(F)c1. The maximum Gasteiger partial charge on any atom is 0.165 e. The van der Waals surface area contributed by atoms with E-state index in [1.54, 1.807) is 12.1 Å². The average Bonchev–Trinajstić information content (AvgIpc) is 2.25. The molecule has 1 aromatic rings. The number of methoxy groups -OCH3 is 1. The highest BCUT2D eigenvalue weighted by molar-refractivity contribution is 5.30. The molecule has 0 fully saturated rings. The van der Waals surface area contributed by atoms with E-state index < -0.39 is 0 Å². The fourth-order valence-electron chi connectivity index (χ4n) is 1.52. The first-order valence-corrected chi connectivity index (χ1v) is 5.17. The number of rotatable bonds is 5. The lowest BCUT2D eigenvalue weighted by atomic mass is 9.97. The first-order chi connectivity index (χ1) is 7.19. The van der Waals surface area contributed by atoms with Gasteiger partial charge in [0.1, 0.15) is 0 Å². The van der Waals surface area contributed by atoms with Gasteiger partial charge in [0.05, 0.1) is 7.11 Å². The molecule has 0 saturated carbocycles. The number of hydrogen-bond donors (Lipinski definition) is 1. The van der Waals surface area contributed by atoms with Gasteiger partial charge in [-0.25, -0.2) is 4.39 Å². The third-order valence-corrected chi connectivity index (χ3v) is 2.57. The van der Waals surface area contributed by atoms with Gasteiger partial charge in [-0.15, -0.1) is 0 Å². The molecule has 1 atom stereocenters. The zero-order valence-corrected chi connectivity index (χ0v) is 9.51. The highest BCUT2D eigenvalue weighted by Crippen LogP contribution is 2.24. The predicted octanol–water partition coefficient (Wildman–Crippen LogP) is 2.55. The summed E-state index contributed by atoms with van der Waals surface area (Å²) in [6.45, 7) is 3.04. The van der Waals surface area contributed by atoms with Crippen LogP contribution in [-0.4, -0.2) is 20.7 Å². The monoisotopic (exact) mass is 211 g/mol. The minimum absolute atomic E-state index is 0.286. The number of nitrogens with one attached hydrogen (secondary N) is 1. The number of hydrogen-bond acceptors (Lipinski definition) is 2. The van der Waals surface area contributed by atoms with Crippen LogP contribution in [0, 0.1) is 5.82 Å². The van der Waals surface area contributed by atoms with E-state index >= 15 is 0 Å². The smallest absolute Gasteiger partial charge is 0.165 e. The molecule has 15 heavy (non-hydrogen) atoms. The first kappa shape index (κ1) is 12.0. The molecule has 0 aliphatic carbocycles. The summed E-state index contributed by atoms with van der Waals surface area (Å²) in [5.41, 5.74) is 1.02. The molecule has 1 N–H and O–H groups in total. The zero-order chi connectivity index (χ0) is 11.3. The van der Waals surface area contributed by atoms with E-state index in [0.29, 0.717) is 11.7 Å². The van der Waals surface area contributed by atoms with Crippen molar-refractivity contribution < 1.29 is 9.13 Å². The molecule has 1 unspecified atom stereocenters. The molecule has 0 aliphatic heterocycles. The molecule has 2 nitrogen and oxygen atoms in total. The molecule has 0 bridgehead atoms. The van der Waals surface area contributed by atoms with E-state index in [2.05, 4.69) is 12.2 Å². The van der Waals surface area contributed by atoms with Crippen molar-refractivity contribution in [3.8, 4) is 5.75 Å². The van der Waals surface area contributed by atoms with Gasteiger partial charge in [0.2, 0.25) is 0 Å². The van der Waals surface area contributed by atoms with E-state index in [1.807, 2.05) is 13.1 Å². The lowest BCUT2D eigenvalue weighted by Gasteiger charge is -2.12. The van der Waals surface area contributed by atoms with Crippen LogP contribution >= 0.6 is 0 Å². The molecule has 0 amide bonds. The molecule has 0 aromatic heterocycles. The normalized spacial score (nSPS) is 12.5. The fraction of sp³-hybridized carbons (Fsp3) is 0.500. The van der Waals surface area contributed by atoms with Crippen molar-refractivity contribution in [1.29, 1.82) is 0 Å². The quantitative estimate of drug-likeness (QED) is 0.808. The van der Waals surface area contributed by atoms with Crippen LogP contribution in [0.5, 0.6) is 5.75 Å². The minimum Gasteiger partial charge on any atom is -0.494 e. The third kappa shape index (κ3) is 3.20. The Morgan fingerprint density at radius 2 is 2.20 bits per heavy atom. The van der Waals surface area contributed by atoms with Crippen molar-refractivity contribution in [3.05, 3.63) is 29.6 Å². The van der Waals surface area contributed by atoms with Crippen molar-refractivity contribution in [2.75, 3.05) is 20.7 Å². The van der Waals surface area contributed by atoms with E-state index in [-0.39, 0.29) is 5.82 Å². The van der Waals surface area contributed by atoms with Crippen LogP contribution in [0.1, 0.15) is 24.8 Å². The van der Waals surface area contributed by atoms with Crippen LogP contribution in [-0.2, 0) is 0 Å². The van der Waals surface area contributed by atoms with Crippen LogP contribution in [0.4, 0.5) is 4.39 Å². The van der Waals surface area contributed by atoms with Crippen LogP contribution < -0.4 is 10.1 Å². The Morgan fingerprint density at radius 1 is 1.47 bits per heavy atom. The van der Waals surface area contributed by atoms with Crippen LogP contribution in [0.15, 0.2) is 18.2 Å². The first-order valence-electron chi connectivity index (χ1n) is 5.17. The van der Waals surface area contributed by atoms with Crippen LogP contribution in [0.3, 0.4) is 0 Å². The molecule has 84 valence electrons. The van der Waals surface area contributed by atoms with Crippen molar-refractivity contribution in [2.24, 2.45) is 0 Å². The standard InChI is InChI=1S/C12H18FNO/c1-9(6-7-14-2)10-4-5-12(15-3)11(13)8-10/h4-5,8-9,14H,6-7H2,1-3H3. The van der Waals surface area contributed by atoms with Gasteiger partial charge in [0, 0.05) is 0 Å². The average molecular weight is 211 g/mol. The van der Waals surface area contributed by atoms with E-state index in [9.17, 15) is 4.39 Å². The highest BCUT2D eigenvalue weighted by Gasteiger charge is 2.08. The molecular weight excluding hydrogens is 193 g/mol. The Balaban J connectivity index is 2.73. The Bertz CT molecular complexity index is 314. The van der Waals surface area contributed by atoms with Crippen molar-refractivity contribution >= 4 is 0 Å². The van der Waals surface area contributed by atoms with Gasteiger partial charge >= 0.3 is 0 Å². The Morgan fingerprint density at radius 3 is 2.73 bits per heavy atom. The van der Waals surface area contributed by atoms with Gasteiger partial charge in [-0.05, 0) is 43.6 Å². The molecule has 0 radical (unpaired) electrons. The fourth-order valence-corrected chi connectivity index (χ4v) is 1.52. The summed E-state index contributed by atoms with van der Waals surface area (Å²) in [7, 11) is 3.39. The lowest BCUT2D eigenvalue weighted by molar-refractivity contribution is 0.386. The molecular formula is C12H18FNO. The predicted molar refractivity (Wildman–Crippen MR) is 59.9 cm³/mol. The largest absolute Gasteiger partial charge is 0.494 e. The van der Waals surface area contributed by atoms with E-state index in [1.165, 1.54) is 7.11 Å². The van der Waals surface area contributed by atoms with Gasteiger partial charge in [0.15, 0.2) is 11.6 Å². The second kappa shape index (κ2) is 5.71. The second-order valence-corrected chi connectivity index (χ2v) is 3.69. The summed E-state index contributed by atoms with van der Waals surface area (Å²) in [6, 6.07) is 5.15. The summed E-state index contributed by atoms with van der Waals surface area (Å²) in [5.74, 6) is 0.378. The molecule has 1 aromatic carbocycles. The number of benzene rings is 1. The van der Waals surface area contributed by atoms with Crippen LogP contribution in [0.2, 0.25) is 0 Å². The lowest BCUT2D eigenvalue weighted by Crippen LogP contribution is -2.10. The molecule has 0 aliphatic rings. The summed E-state index contributed by atoms with van der Waals surface area (Å²) in [5, 5.41) is 3.09. The minimum atomic E-state index is -0.286. The third-order valence-electron chi connectivity index (χ3n) is 2.57. The van der Waals surface area contributed by atoms with Gasteiger partial charge in [-0.3, -0.25) is 0 Å². The molecule has 0 saturated heterocycles. The topological polar surface area (TPSA) is 21.3 Å². The summed E-state index contributed by atoms with van der Waals surface area (Å²) >= 11 is 0. The Kier molecular flexibility index (Phi) is 4.56. The van der Waals surface area contributed by atoms with E-state index in [4.69, 9.17) is 4.74 Å². The van der Waals surface area contributed by atoms with Gasteiger partial charge < -0.3 is 10.1 Å². The van der Waals surface area contributed by atoms with Crippen molar-refractivity contribution in [3.63, 3.8) is 0 Å². The van der Waals surface area contributed by atoms with E-state index in [0.717, 1.165) is 18.5 Å². The Hall–Kier alpha value is -1.09. The van der Waals surface area contributed by atoms with Gasteiger partial charge in [-0.2, -0.15) is 0 Å². The maximum atomic E-state index is 13.4. The molecule has 3 heteroatoms. The maximum absolute atomic E-state index is 13.4. The van der Waals surface area contributed by atoms with Crippen molar-refractivity contribution in [1.82, 2.24) is 5.32 Å². The Labute approximate surface area is 90.4 Å². The molecule has 1 rings (SSSR count). The summed E-state index contributed by atoms with van der Waals surface area (Å²) < 4.78 is 18.3. The zero-order valence-electron chi connectivity index (χ0n) is 9.51. The van der Waals surface area contributed by atoms with Crippen LogP contribution in [0.25, 0.3) is 0 Å².